The molecule has 2 aromatic rings. The van der Waals surface area contributed by atoms with Crippen LogP contribution in [0.5, 0.6) is 5.75 Å². The van der Waals surface area contributed by atoms with Crippen LogP contribution in [0.25, 0.3) is 10.9 Å². The van der Waals surface area contributed by atoms with Crippen LogP contribution < -0.4 is 4.74 Å². The van der Waals surface area contributed by atoms with Gasteiger partial charge in [0, 0.05) is 36.5 Å². The van der Waals surface area contributed by atoms with E-state index in [4.69, 9.17) is 21.3 Å². The van der Waals surface area contributed by atoms with Crippen LogP contribution in [-0.4, -0.2) is 30.6 Å². The number of aromatic nitrogens is 1. The summed E-state index contributed by atoms with van der Waals surface area (Å²) in [5.41, 5.74) is 4.60. The first-order valence-electron chi connectivity index (χ1n) is 6.46. The summed E-state index contributed by atoms with van der Waals surface area (Å²) < 4.78 is 5.42. The molecule has 0 radical (unpaired) electrons. The van der Waals surface area contributed by atoms with E-state index in [-0.39, 0.29) is 0 Å². The number of likely N-dealkylation sites (N-methyl/N-ethyl adjacent to an activating group) is 1. The van der Waals surface area contributed by atoms with Crippen LogP contribution in [0.3, 0.4) is 0 Å². The van der Waals surface area contributed by atoms with E-state index in [0.717, 1.165) is 36.2 Å². The van der Waals surface area contributed by atoms with Crippen LogP contribution in [0.15, 0.2) is 18.2 Å². The lowest BCUT2D eigenvalue weighted by Gasteiger charge is -2.27. The van der Waals surface area contributed by atoms with E-state index < -0.39 is 0 Å². The maximum atomic E-state index is 6.20. The standard InChI is InChI=1S/C15H17ClN2O/c1-18-7-6-13-12(9-18)11(8-16)10-4-3-5-14(19-2)15(10)17-13/h3-5H,6-9H2,1-2H3. The molecule has 100 valence electrons. The van der Waals surface area contributed by atoms with Gasteiger partial charge >= 0.3 is 0 Å². The molecular formula is C15H17ClN2O. The van der Waals surface area contributed by atoms with Gasteiger partial charge in [0.25, 0.3) is 0 Å². The molecule has 0 saturated heterocycles. The van der Waals surface area contributed by atoms with Gasteiger partial charge in [0.1, 0.15) is 11.3 Å². The molecule has 0 amide bonds. The number of nitrogens with zero attached hydrogens (tertiary/aromatic N) is 2. The molecule has 0 saturated carbocycles. The Labute approximate surface area is 118 Å². The zero-order valence-electron chi connectivity index (χ0n) is 11.2. The first-order valence-corrected chi connectivity index (χ1v) is 7.00. The molecule has 0 bridgehead atoms. The van der Waals surface area contributed by atoms with Crippen molar-refractivity contribution in [1.29, 1.82) is 0 Å². The Kier molecular flexibility index (Phi) is 3.33. The number of hydrogen-bond acceptors (Lipinski definition) is 3. The van der Waals surface area contributed by atoms with Crippen LogP contribution >= 0.6 is 11.6 Å². The van der Waals surface area contributed by atoms with Gasteiger partial charge in [-0.25, -0.2) is 4.98 Å². The summed E-state index contributed by atoms with van der Waals surface area (Å²) >= 11 is 6.20. The number of methoxy groups -OCH3 is 1. The van der Waals surface area contributed by atoms with E-state index in [9.17, 15) is 0 Å². The minimum absolute atomic E-state index is 0.516. The fraction of sp³-hybridized carbons (Fsp3) is 0.400. The molecule has 0 aliphatic carbocycles. The van der Waals surface area contributed by atoms with Gasteiger partial charge in [-0.2, -0.15) is 0 Å². The third kappa shape index (κ3) is 2.07. The summed E-state index contributed by atoms with van der Waals surface area (Å²) in [6.07, 6.45) is 0.976. The molecule has 0 N–H and O–H groups in total. The van der Waals surface area contributed by atoms with Gasteiger partial charge in [-0.05, 0) is 24.2 Å². The SMILES string of the molecule is COc1cccc2c(CCl)c3c(nc12)CCN(C)C3. The van der Waals surface area contributed by atoms with E-state index in [1.54, 1.807) is 7.11 Å². The Morgan fingerprint density at radius 3 is 3.00 bits per heavy atom. The highest BCUT2D eigenvalue weighted by atomic mass is 35.5. The summed E-state index contributed by atoms with van der Waals surface area (Å²) in [6.45, 7) is 1.97. The second-order valence-electron chi connectivity index (χ2n) is 4.99. The normalized spacial score (nSPS) is 15.5. The lowest BCUT2D eigenvalue weighted by molar-refractivity contribution is 0.309. The smallest absolute Gasteiger partial charge is 0.145 e. The van der Waals surface area contributed by atoms with Gasteiger partial charge in [-0.15, -0.1) is 11.6 Å². The van der Waals surface area contributed by atoms with Crippen LogP contribution in [0.2, 0.25) is 0 Å². The summed E-state index contributed by atoms with van der Waals surface area (Å²) in [6, 6.07) is 6.03. The van der Waals surface area contributed by atoms with Gasteiger partial charge in [0.05, 0.1) is 7.11 Å². The van der Waals surface area contributed by atoms with E-state index in [1.807, 2.05) is 12.1 Å². The number of halogens is 1. The molecule has 1 aliphatic rings. The van der Waals surface area contributed by atoms with Crippen molar-refractivity contribution in [3.8, 4) is 5.75 Å². The average Bonchev–Trinajstić information content (AvgIpc) is 2.44. The maximum absolute atomic E-state index is 6.20. The van der Waals surface area contributed by atoms with Gasteiger partial charge in [-0.1, -0.05) is 12.1 Å². The maximum Gasteiger partial charge on any atom is 0.145 e. The quantitative estimate of drug-likeness (QED) is 0.789. The molecule has 0 spiro atoms. The highest BCUT2D eigenvalue weighted by molar-refractivity contribution is 6.18. The van der Waals surface area contributed by atoms with Crippen molar-refractivity contribution < 1.29 is 4.74 Å². The Balaban J connectivity index is 2.32. The average molecular weight is 277 g/mol. The molecule has 0 unspecified atom stereocenters. The predicted octanol–water partition coefficient (Wildman–Crippen LogP) is 2.97. The monoisotopic (exact) mass is 276 g/mol. The fourth-order valence-electron chi connectivity index (χ4n) is 2.78. The minimum atomic E-state index is 0.516. The second kappa shape index (κ2) is 4.99. The molecule has 1 aromatic heterocycles. The molecule has 3 rings (SSSR count). The predicted molar refractivity (Wildman–Crippen MR) is 77.9 cm³/mol. The molecule has 19 heavy (non-hydrogen) atoms. The van der Waals surface area contributed by atoms with Crippen molar-refractivity contribution in [2.45, 2.75) is 18.8 Å². The van der Waals surface area contributed by atoms with Crippen molar-refractivity contribution in [1.82, 2.24) is 9.88 Å². The van der Waals surface area contributed by atoms with Crippen molar-refractivity contribution >= 4 is 22.5 Å². The zero-order chi connectivity index (χ0) is 13.4. The van der Waals surface area contributed by atoms with E-state index in [2.05, 4.69) is 18.0 Å². The molecule has 0 atom stereocenters. The van der Waals surface area contributed by atoms with Crippen molar-refractivity contribution in [3.05, 3.63) is 35.0 Å². The Hall–Kier alpha value is -1.32. The molecule has 0 fully saturated rings. The third-order valence-electron chi connectivity index (χ3n) is 3.80. The third-order valence-corrected chi connectivity index (χ3v) is 4.06. The van der Waals surface area contributed by atoms with Crippen LogP contribution in [-0.2, 0) is 18.8 Å². The number of benzene rings is 1. The highest BCUT2D eigenvalue weighted by Crippen LogP contribution is 2.32. The summed E-state index contributed by atoms with van der Waals surface area (Å²) in [5, 5.41) is 1.11. The van der Waals surface area contributed by atoms with Crippen molar-refractivity contribution in [3.63, 3.8) is 0 Å². The number of pyridine rings is 1. The minimum Gasteiger partial charge on any atom is -0.494 e. The number of rotatable bonds is 2. The first kappa shape index (κ1) is 12.7. The lowest BCUT2D eigenvalue weighted by Crippen LogP contribution is -2.28. The molecule has 3 nitrogen and oxygen atoms in total. The van der Waals surface area contributed by atoms with E-state index in [0.29, 0.717) is 5.88 Å². The number of alkyl halides is 1. The summed E-state index contributed by atoms with van der Waals surface area (Å²) in [4.78, 5) is 7.13. The number of para-hydroxylation sites is 1. The van der Waals surface area contributed by atoms with E-state index >= 15 is 0 Å². The topological polar surface area (TPSA) is 25.4 Å². The van der Waals surface area contributed by atoms with Gasteiger partial charge in [-0.3, -0.25) is 0 Å². The van der Waals surface area contributed by atoms with Crippen LogP contribution in [0.1, 0.15) is 16.8 Å². The molecular weight excluding hydrogens is 260 g/mol. The Bertz CT molecular complexity index is 627. The molecule has 2 heterocycles. The van der Waals surface area contributed by atoms with Gasteiger partial charge < -0.3 is 9.64 Å². The Morgan fingerprint density at radius 1 is 1.42 bits per heavy atom. The largest absolute Gasteiger partial charge is 0.494 e. The lowest BCUT2D eigenvalue weighted by atomic mass is 9.97. The molecule has 4 heteroatoms. The van der Waals surface area contributed by atoms with Crippen molar-refractivity contribution in [2.75, 3.05) is 20.7 Å². The second-order valence-corrected chi connectivity index (χ2v) is 5.26. The van der Waals surface area contributed by atoms with Gasteiger partial charge in [0.15, 0.2) is 0 Å². The molecule has 1 aliphatic heterocycles. The summed E-state index contributed by atoms with van der Waals surface area (Å²) in [7, 11) is 3.82. The van der Waals surface area contributed by atoms with Gasteiger partial charge in [0.2, 0.25) is 0 Å². The van der Waals surface area contributed by atoms with E-state index in [1.165, 1.54) is 16.8 Å². The fourth-order valence-corrected chi connectivity index (χ4v) is 3.08. The Morgan fingerprint density at radius 2 is 2.26 bits per heavy atom. The highest BCUT2D eigenvalue weighted by Gasteiger charge is 2.21. The van der Waals surface area contributed by atoms with Crippen molar-refractivity contribution in [2.24, 2.45) is 0 Å². The van der Waals surface area contributed by atoms with Crippen LogP contribution in [0, 0.1) is 0 Å². The molecule has 1 aromatic carbocycles. The number of ether oxygens (including phenoxy) is 1. The number of fused-ring (bicyclic) bond motifs is 2. The first-order chi connectivity index (χ1) is 9.24. The number of hydrogen-bond donors (Lipinski definition) is 0. The van der Waals surface area contributed by atoms with Crippen LogP contribution in [0.4, 0.5) is 0 Å². The summed E-state index contributed by atoms with van der Waals surface area (Å²) in [5.74, 6) is 1.34. The zero-order valence-corrected chi connectivity index (χ0v) is 12.0.